The van der Waals surface area contributed by atoms with E-state index in [4.69, 9.17) is 5.11 Å². The smallest absolute Gasteiger partial charge is 0.207 e. The minimum atomic E-state index is 0.266. The molecule has 0 bridgehead atoms. The van der Waals surface area contributed by atoms with Gasteiger partial charge in [-0.15, -0.1) is 0 Å². The van der Waals surface area contributed by atoms with Crippen LogP contribution in [0.5, 0.6) is 5.75 Å². The number of phenols is 1. The lowest BCUT2D eigenvalue weighted by molar-refractivity contribution is -0.109. The molecule has 1 aromatic carbocycles. The summed E-state index contributed by atoms with van der Waals surface area (Å²) < 4.78 is 0. The summed E-state index contributed by atoms with van der Waals surface area (Å²) in [4.78, 5) is 9.90. The van der Waals surface area contributed by atoms with Crippen molar-refractivity contribution in [1.82, 2.24) is 5.32 Å². The van der Waals surface area contributed by atoms with E-state index in [1.165, 1.54) is 0 Å². The fourth-order valence-corrected chi connectivity index (χ4v) is 0.938. The molecule has 1 rings (SSSR count). The monoisotopic (exact) mass is 195 g/mol. The van der Waals surface area contributed by atoms with Crippen molar-refractivity contribution in [3.05, 3.63) is 29.8 Å². The molecule has 0 aliphatic heterocycles. The Labute approximate surface area is 84.8 Å². The summed E-state index contributed by atoms with van der Waals surface area (Å²) in [6, 6.07) is 6.94. The molecule has 0 aliphatic rings. The molecule has 0 saturated heterocycles. The third-order valence-electron chi connectivity index (χ3n) is 1.58. The van der Waals surface area contributed by atoms with Gasteiger partial charge in [0.2, 0.25) is 6.41 Å². The summed E-state index contributed by atoms with van der Waals surface area (Å²) >= 11 is 0. The normalized spacial score (nSPS) is 8.43. The molecule has 0 aromatic heterocycles. The molecule has 3 nitrogen and oxygen atoms in total. The molecule has 0 heterocycles. The van der Waals surface area contributed by atoms with E-state index in [9.17, 15) is 4.79 Å². The SMILES string of the molecule is CC.O=CNCCc1ccc(O)cc1. The van der Waals surface area contributed by atoms with Gasteiger partial charge in [-0.1, -0.05) is 26.0 Å². The number of aromatic hydroxyl groups is 1. The van der Waals surface area contributed by atoms with Crippen LogP contribution in [0, 0.1) is 0 Å². The highest BCUT2D eigenvalue weighted by Crippen LogP contribution is 2.09. The molecule has 3 heteroatoms. The van der Waals surface area contributed by atoms with E-state index in [0.717, 1.165) is 12.0 Å². The summed E-state index contributed by atoms with van der Waals surface area (Å²) in [7, 11) is 0. The van der Waals surface area contributed by atoms with Crippen LogP contribution in [0.3, 0.4) is 0 Å². The molecule has 0 spiro atoms. The Bertz CT molecular complexity index is 244. The highest BCUT2D eigenvalue weighted by Gasteiger charge is 1.91. The average Bonchev–Trinajstić information content (AvgIpc) is 2.24. The van der Waals surface area contributed by atoms with Crippen molar-refractivity contribution in [2.45, 2.75) is 20.3 Å². The second kappa shape index (κ2) is 8.10. The Balaban J connectivity index is 0.000000791. The third kappa shape index (κ3) is 5.19. The molecule has 0 fully saturated rings. The van der Waals surface area contributed by atoms with Crippen molar-refractivity contribution < 1.29 is 9.90 Å². The fourth-order valence-electron chi connectivity index (χ4n) is 0.938. The second-order valence-electron chi connectivity index (χ2n) is 2.49. The van der Waals surface area contributed by atoms with Gasteiger partial charge in [0.25, 0.3) is 0 Å². The van der Waals surface area contributed by atoms with Crippen molar-refractivity contribution in [2.24, 2.45) is 0 Å². The first kappa shape index (κ1) is 12.5. The lowest BCUT2D eigenvalue weighted by Crippen LogP contribution is -2.14. The van der Waals surface area contributed by atoms with Crippen molar-refractivity contribution in [3.8, 4) is 5.75 Å². The van der Waals surface area contributed by atoms with Gasteiger partial charge in [-0.05, 0) is 24.1 Å². The zero-order chi connectivity index (χ0) is 10.8. The quantitative estimate of drug-likeness (QED) is 0.567. The summed E-state index contributed by atoms with van der Waals surface area (Å²) in [5, 5.41) is 11.5. The predicted molar refractivity (Wildman–Crippen MR) is 57.2 cm³/mol. The minimum Gasteiger partial charge on any atom is -0.508 e. The van der Waals surface area contributed by atoms with Gasteiger partial charge >= 0.3 is 0 Å². The molecule has 0 atom stereocenters. The van der Waals surface area contributed by atoms with Crippen LogP contribution < -0.4 is 5.32 Å². The molecule has 1 aromatic rings. The molecule has 0 unspecified atom stereocenters. The van der Waals surface area contributed by atoms with E-state index in [1.54, 1.807) is 12.1 Å². The summed E-state index contributed by atoms with van der Waals surface area (Å²) in [5.74, 6) is 0.266. The van der Waals surface area contributed by atoms with Crippen molar-refractivity contribution in [2.75, 3.05) is 6.54 Å². The average molecular weight is 195 g/mol. The maximum Gasteiger partial charge on any atom is 0.207 e. The summed E-state index contributed by atoms with van der Waals surface area (Å²) in [6.07, 6.45) is 1.47. The first-order valence-electron chi connectivity index (χ1n) is 4.78. The maximum absolute atomic E-state index is 9.90. The van der Waals surface area contributed by atoms with Crippen LogP contribution in [0.1, 0.15) is 19.4 Å². The standard InChI is InChI=1S/C9H11NO2.C2H6/c11-7-10-6-5-8-1-3-9(12)4-2-8;1-2/h1-4,7,12H,5-6H2,(H,10,11);1-2H3. The molecule has 14 heavy (non-hydrogen) atoms. The fraction of sp³-hybridized carbons (Fsp3) is 0.364. The van der Waals surface area contributed by atoms with E-state index >= 15 is 0 Å². The predicted octanol–water partition coefficient (Wildman–Crippen LogP) is 1.71. The third-order valence-corrected chi connectivity index (χ3v) is 1.58. The van der Waals surface area contributed by atoms with Gasteiger partial charge in [0, 0.05) is 6.54 Å². The Hall–Kier alpha value is -1.51. The molecule has 0 saturated carbocycles. The van der Waals surface area contributed by atoms with E-state index in [-0.39, 0.29) is 5.75 Å². The lowest BCUT2D eigenvalue weighted by atomic mass is 10.1. The molecule has 1 amide bonds. The lowest BCUT2D eigenvalue weighted by Gasteiger charge is -1.99. The molecule has 2 N–H and O–H groups in total. The molecular weight excluding hydrogens is 178 g/mol. The van der Waals surface area contributed by atoms with Gasteiger partial charge in [0.15, 0.2) is 0 Å². The number of phenolic OH excluding ortho intramolecular Hbond substituents is 1. The number of rotatable bonds is 4. The van der Waals surface area contributed by atoms with Gasteiger partial charge in [0.1, 0.15) is 5.75 Å². The van der Waals surface area contributed by atoms with Gasteiger partial charge in [-0.2, -0.15) is 0 Å². The van der Waals surface area contributed by atoms with E-state index in [2.05, 4.69) is 5.32 Å². The van der Waals surface area contributed by atoms with E-state index in [1.807, 2.05) is 26.0 Å². The first-order chi connectivity index (χ1) is 6.83. The van der Waals surface area contributed by atoms with Crippen LogP contribution in [0.15, 0.2) is 24.3 Å². The minimum absolute atomic E-state index is 0.266. The van der Waals surface area contributed by atoms with E-state index < -0.39 is 0 Å². The number of hydrogen-bond donors (Lipinski definition) is 2. The van der Waals surface area contributed by atoms with Crippen LogP contribution in [0.2, 0.25) is 0 Å². The second-order valence-corrected chi connectivity index (χ2v) is 2.49. The number of hydrogen-bond acceptors (Lipinski definition) is 2. The Kier molecular flexibility index (Phi) is 7.23. The van der Waals surface area contributed by atoms with Crippen molar-refractivity contribution >= 4 is 6.41 Å². The molecular formula is C11H17NO2. The van der Waals surface area contributed by atoms with E-state index in [0.29, 0.717) is 13.0 Å². The zero-order valence-electron chi connectivity index (χ0n) is 8.66. The topological polar surface area (TPSA) is 49.3 Å². The number of benzene rings is 1. The maximum atomic E-state index is 9.90. The van der Waals surface area contributed by atoms with Crippen LogP contribution in [-0.2, 0) is 11.2 Å². The molecule has 0 aliphatic carbocycles. The summed E-state index contributed by atoms with van der Waals surface area (Å²) in [5.41, 5.74) is 1.10. The first-order valence-corrected chi connectivity index (χ1v) is 4.78. The summed E-state index contributed by atoms with van der Waals surface area (Å²) in [6.45, 7) is 4.63. The van der Waals surface area contributed by atoms with Crippen molar-refractivity contribution in [1.29, 1.82) is 0 Å². The highest BCUT2D eigenvalue weighted by atomic mass is 16.3. The van der Waals surface area contributed by atoms with Gasteiger partial charge in [-0.3, -0.25) is 4.79 Å². The molecule has 0 radical (unpaired) electrons. The number of carbonyl (C=O) groups is 1. The number of amides is 1. The van der Waals surface area contributed by atoms with Crippen molar-refractivity contribution in [3.63, 3.8) is 0 Å². The van der Waals surface area contributed by atoms with Gasteiger partial charge in [0.05, 0.1) is 0 Å². The zero-order valence-corrected chi connectivity index (χ0v) is 8.66. The number of nitrogens with one attached hydrogen (secondary N) is 1. The van der Waals surface area contributed by atoms with Crippen LogP contribution in [0.25, 0.3) is 0 Å². The van der Waals surface area contributed by atoms with Crippen LogP contribution in [-0.4, -0.2) is 18.1 Å². The largest absolute Gasteiger partial charge is 0.508 e. The Morgan fingerprint density at radius 3 is 2.36 bits per heavy atom. The highest BCUT2D eigenvalue weighted by molar-refractivity contribution is 5.45. The van der Waals surface area contributed by atoms with Crippen LogP contribution in [0.4, 0.5) is 0 Å². The Morgan fingerprint density at radius 1 is 1.29 bits per heavy atom. The van der Waals surface area contributed by atoms with Gasteiger partial charge in [-0.25, -0.2) is 0 Å². The number of carbonyl (C=O) groups excluding carboxylic acids is 1. The molecule has 78 valence electrons. The van der Waals surface area contributed by atoms with Crippen LogP contribution >= 0.6 is 0 Å². The van der Waals surface area contributed by atoms with Gasteiger partial charge < -0.3 is 10.4 Å². The Morgan fingerprint density at radius 2 is 1.86 bits per heavy atom.